The molecule has 1 aliphatic rings. The van der Waals surface area contributed by atoms with Crippen LogP contribution in [0.15, 0.2) is 18.2 Å². The van der Waals surface area contributed by atoms with Crippen molar-refractivity contribution in [2.24, 2.45) is 0 Å². The molecule has 0 aliphatic carbocycles. The predicted molar refractivity (Wildman–Crippen MR) is 74.9 cm³/mol. The molecule has 1 aliphatic heterocycles. The maximum absolute atomic E-state index is 12.3. The highest BCUT2D eigenvalue weighted by molar-refractivity contribution is 7.99. The van der Waals surface area contributed by atoms with Crippen LogP contribution in [0.5, 0.6) is 5.75 Å². The van der Waals surface area contributed by atoms with Gasteiger partial charge in [-0.2, -0.15) is 11.8 Å². The number of halogens is 3. The van der Waals surface area contributed by atoms with Crippen LogP contribution in [-0.2, 0) is 5.75 Å². The van der Waals surface area contributed by atoms with Gasteiger partial charge in [-0.25, -0.2) is 0 Å². The lowest BCUT2D eigenvalue weighted by Crippen LogP contribution is -2.23. The van der Waals surface area contributed by atoms with Crippen LogP contribution in [0.4, 0.5) is 13.2 Å². The largest absolute Gasteiger partial charge is 0.573 e. The molecule has 112 valence electrons. The van der Waals surface area contributed by atoms with Crippen LogP contribution in [0.25, 0.3) is 0 Å². The molecule has 0 saturated carbocycles. The van der Waals surface area contributed by atoms with Gasteiger partial charge in [-0.05, 0) is 36.2 Å². The Morgan fingerprint density at radius 3 is 2.80 bits per heavy atom. The molecule has 2 rings (SSSR count). The van der Waals surface area contributed by atoms with Crippen LogP contribution in [0, 0.1) is 0 Å². The van der Waals surface area contributed by atoms with Gasteiger partial charge in [0.05, 0.1) is 0 Å². The number of fused-ring (bicyclic) bond motifs is 1. The molecule has 2 unspecified atom stereocenters. The van der Waals surface area contributed by atoms with Crippen molar-refractivity contribution in [1.82, 2.24) is 5.32 Å². The van der Waals surface area contributed by atoms with Crippen LogP contribution in [-0.4, -0.2) is 18.2 Å². The molecular weight excluding hydrogens is 287 g/mol. The fourth-order valence-corrected chi connectivity index (χ4v) is 3.48. The van der Waals surface area contributed by atoms with E-state index in [2.05, 4.69) is 17.0 Å². The first kappa shape index (κ1) is 15.5. The number of nitrogens with one attached hydrogen (secondary N) is 1. The maximum Gasteiger partial charge on any atom is 0.573 e. The van der Waals surface area contributed by atoms with E-state index in [1.54, 1.807) is 6.07 Å². The highest BCUT2D eigenvalue weighted by Gasteiger charge is 2.32. The van der Waals surface area contributed by atoms with Gasteiger partial charge in [0, 0.05) is 17.0 Å². The average molecular weight is 305 g/mol. The van der Waals surface area contributed by atoms with Crippen molar-refractivity contribution < 1.29 is 17.9 Å². The summed E-state index contributed by atoms with van der Waals surface area (Å²) in [4.78, 5) is 0. The van der Waals surface area contributed by atoms with Gasteiger partial charge >= 0.3 is 6.36 Å². The second-order valence-electron chi connectivity index (χ2n) is 4.88. The molecule has 2 atom stereocenters. The van der Waals surface area contributed by atoms with Crippen molar-refractivity contribution in [3.8, 4) is 5.75 Å². The van der Waals surface area contributed by atoms with Gasteiger partial charge in [0.25, 0.3) is 0 Å². The molecule has 1 N–H and O–H groups in total. The Labute approximate surface area is 121 Å². The fraction of sp³-hybridized carbons (Fsp3) is 0.571. The number of thioether (sulfide) groups is 1. The Morgan fingerprint density at radius 2 is 2.15 bits per heavy atom. The summed E-state index contributed by atoms with van der Waals surface area (Å²) in [5.74, 6) is 0.684. The van der Waals surface area contributed by atoms with E-state index in [1.807, 2.05) is 18.7 Å². The van der Waals surface area contributed by atoms with Gasteiger partial charge in [-0.3, -0.25) is 0 Å². The number of rotatable bonds is 3. The number of alkyl halides is 3. The fourth-order valence-electron chi connectivity index (χ4n) is 2.42. The Hall–Kier alpha value is -0.880. The summed E-state index contributed by atoms with van der Waals surface area (Å²) in [6.45, 7) is 4.93. The predicted octanol–water partition coefficient (Wildman–Crippen LogP) is 4.26. The molecule has 6 heteroatoms. The third-order valence-electron chi connectivity index (χ3n) is 3.27. The minimum Gasteiger partial charge on any atom is -0.406 e. The summed E-state index contributed by atoms with van der Waals surface area (Å²) in [7, 11) is 0. The molecule has 0 amide bonds. The SMILES string of the molecule is CCNC1CC(C)SCc2ccc(OC(F)(F)F)cc21. The molecule has 0 aromatic heterocycles. The first-order valence-electron chi connectivity index (χ1n) is 6.62. The van der Waals surface area contributed by atoms with Crippen molar-refractivity contribution in [3.63, 3.8) is 0 Å². The van der Waals surface area contributed by atoms with E-state index in [0.29, 0.717) is 5.25 Å². The van der Waals surface area contributed by atoms with Gasteiger partial charge in [0.2, 0.25) is 0 Å². The summed E-state index contributed by atoms with van der Waals surface area (Å²) in [5, 5.41) is 3.82. The lowest BCUT2D eigenvalue weighted by atomic mass is 9.97. The molecule has 1 aromatic rings. The third kappa shape index (κ3) is 4.06. The molecule has 2 nitrogen and oxygen atoms in total. The Balaban J connectivity index is 2.31. The molecule has 0 bridgehead atoms. The standard InChI is InChI=1S/C14H18F3NOS/c1-3-18-13-6-9(2)20-8-10-4-5-11(7-12(10)13)19-14(15,16)17/h4-5,7,9,13,18H,3,6,8H2,1-2H3. The number of benzene rings is 1. The third-order valence-corrected chi connectivity index (χ3v) is 4.51. The van der Waals surface area contributed by atoms with Crippen LogP contribution in [0.2, 0.25) is 0 Å². The smallest absolute Gasteiger partial charge is 0.406 e. The van der Waals surface area contributed by atoms with E-state index >= 15 is 0 Å². The highest BCUT2D eigenvalue weighted by Crippen LogP contribution is 2.37. The van der Waals surface area contributed by atoms with Crippen LogP contribution in [0.1, 0.15) is 37.4 Å². The van der Waals surface area contributed by atoms with Gasteiger partial charge in [0.1, 0.15) is 5.75 Å². The van der Waals surface area contributed by atoms with Crippen LogP contribution >= 0.6 is 11.8 Å². The van der Waals surface area contributed by atoms with E-state index < -0.39 is 6.36 Å². The Bertz CT molecular complexity index is 464. The summed E-state index contributed by atoms with van der Waals surface area (Å²) >= 11 is 1.83. The highest BCUT2D eigenvalue weighted by atomic mass is 32.2. The van der Waals surface area contributed by atoms with Gasteiger partial charge in [-0.1, -0.05) is 19.9 Å². The average Bonchev–Trinajstić information content (AvgIpc) is 2.48. The number of hydrogen-bond acceptors (Lipinski definition) is 3. The molecule has 1 heterocycles. The van der Waals surface area contributed by atoms with E-state index in [9.17, 15) is 13.2 Å². The Kier molecular flexibility index (Phi) is 4.86. The van der Waals surface area contributed by atoms with Gasteiger partial charge < -0.3 is 10.1 Å². The molecule has 0 saturated heterocycles. The lowest BCUT2D eigenvalue weighted by molar-refractivity contribution is -0.274. The van der Waals surface area contributed by atoms with Crippen molar-refractivity contribution in [2.75, 3.05) is 6.54 Å². The summed E-state index contributed by atoms with van der Waals surface area (Å²) in [6.07, 6.45) is -3.74. The first-order chi connectivity index (χ1) is 9.39. The number of hydrogen-bond donors (Lipinski definition) is 1. The van der Waals surface area contributed by atoms with Crippen molar-refractivity contribution >= 4 is 11.8 Å². The van der Waals surface area contributed by atoms with E-state index in [-0.39, 0.29) is 11.8 Å². The zero-order valence-electron chi connectivity index (χ0n) is 11.5. The van der Waals surface area contributed by atoms with Crippen molar-refractivity contribution in [2.45, 2.75) is 43.7 Å². The van der Waals surface area contributed by atoms with Crippen LogP contribution < -0.4 is 10.1 Å². The number of ether oxygens (including phenoxy) is 1. The maximum atomic E-state index is 12.3. The second-order valence-corrected chi connectivity index (χ2v) is 6.30. The molecule has 0 radical (unpaired) electrons. The lowest BCUT2D eigenvalue weighted by Gasteiger charge is -2.21. The normalized spacial score (nSPS) is 23.1. The van der Waals surface area contributed by atoms with Gasteiger partial charge in [-0.15, -0.1) is 13.2 Å². The monoisotopic (exact) mass is 305 g/mol. The summed E-state index contributed by atoms with van der Waals surface area (Å²) < 4.78 is 41.0. The zero-order valence-corrected chi connectivity index (χ0v) is 12.3. The van der Waals surface area contributed by atoms with E-state index in [0.717, 1.165) is 29.8 Å². The van der Waals surface area contributed by atoms with Crippen molar-refractivity contribution in [1.29, 1.82) is 0 Å². The Morgan fingerprint density at radius 1 is 1.40 bits per heavy atom. The topological polar surface area (TPSA) is 21.3 Å². The van der Waals surface area contributed by atoms with Crippen molar-refractivity contribution in [3.05, 3.63) is 29.3 Å². The van der Waals surface area contributed by atoms with Crippen LogP contribution in [0.3, 0.4) is 0 Å². The van der Waals surface area contributed by atoms with E-state index in [1.165, 1.54) is 12.1 Å². The second kappa shape index (κ2) is 6.26. The molecule has 0 spiro atoms. The minimum atomic E-state index is -4.64. The summed E-state index contributed by atoms with van der Waals surface area (Å²) in [6, 6.07) is 4.74. The molecule has 0 fully saturated rings. The quantitative estimate of drug-likeness (QED) is 0.901. The van der Waals surface area contributed by atoms with E-state index in [4.69, 9.17) is 0 Å². The molecule has 1 aromatic carbocycles. The zero-order chi connectivity index (χ0) is 14.8. The summed E-state index contributed by atoms with van der Waals surface area (Å²) in [5.41, 5.74) is 2.00. The molecule has 20 heavy (non-hydrogen) atoms. The first-order valence-corrected chi connectivity index (χ1v) is 7.67. The molecular formula is C14H18F3NOS. The minimum absolute atomic E-state index is 0.0804. The van der Waals surface area contributed by atoms with Gasteiger partial charge in [0.15, 0.2) is 0 Å².